The molecule has 1 aromatic carbocycles. The van der Waals surface area contributed by atoms with Crippen LogP contribution in [0.4, 0.5) is 0 Å². The summed E-state index contributed by atoms with van der Waals surface area (Å²) in [6.07, 6.45) is 1.23. The van der Waals surface area contributed by atoms with Crippen LogP contribution in [0.25, 0.3) is 6.08 Å². The minimum absolute atomic E-state index is 0.0492. The summed E-state index contributed by atoms with van der Waals surface area (Å²) < 4.78 is 24.5. The Morgan fingerprint density at radius 1 is 1.28 bits per heavy atom. The zero-order valence-corrected chi connectivity index (χ0v) is 10.7. The molecule has 1 aliphatic rings. The van der Waals surface area contributed by atoms with Crippen molar-refractivity contribution in [3.05, 3.63) is 28.7 Å². The number of phenols is 1. The van der Waals surface area contributed by atoms with Gasteiger partial charge in [-0.1, -0.05) is 6.07 Å². The molecular formula is C12H12O5S. The van der Waals surface area contributed by atoms with Crippen molar-refractivity contribution in [2.24, 2.45) is 5.41 Å². The maximum atomic E-state index is 12.2. The Labute approximate surface area is 104 Å². The molecule has 0 unspecified atom stereocenters. The quantitative estimate of drug-likeness (QED) is 0.850. The van der Waals surface area contributed by atoms with Crippen LogP contribution < -0.4 is 0 Å². The third-order valence-electron chi connectivity index (χ3n) is 3.05. The second-order valence-electron chi connectivity index (χ2n) is 4.63. The van der Waals surface area contributed by atoms with E-state index in [0.29, 0.717) is 0 Å². The largest absolute Gasteiger partial charge is 0.507 e. The van der Waals surface area contributed by atoms with Crippen molar-refractivity contribution in [1.29, 1.82) is 0 Å². The number of fused-ring (bicyclic) bond motifs is 1. The number of carboxylic acids is 1. The van der Waals surface area contributed by atoms with Crippen LogP contribution in [0.2, 0.25) is 0 Å². The molecule has 0 amide bonds. The van der Waals surface area contributed by atoms with E-state index < -0.39 is 21.2 Å². The fourth-order valence-corrected chi connectivity index (χ4v) is 3.84. The van der Waals surface area contributed by atoms with Gasteiger partial charge in [-0.15, -0.1) is 0 Å². The van der Waals surface area contributed by atoms with Crippen LogP contribution in [0.3, 0.4) is 0 Å². The molecule has 0 spiro atoms. The van der Waals surface area contributed by atoms with Crippen LogP contribution >= 0.6 is 0 Å². The summed E-state index contributed by atoms with van der Waals surface area (Å²) in [6.45, 7) is 2.64. The highest BCUT2D eigenvalue weighted by Gasteiger charge is 2.44. The minimum atomic E-state index is -3.85. The monoisotopic (exact) mass is 268 g/mol. The van der Waals surface area contributed by atoms with E-state index >= 15 is 0 Å². The highest BCUT2D eigenvalue weighted by atomic mass is 32.2. The summed E-state index contributed by atoms with van der Waals surface area (Å²) in [5.41, 5.74) is -1.38. The number of sulfone groups is 1. The van der Waals surface area contributed by atoms with Gasteiger partial charge in [0, 0.05) is 5.56 Å². The Morgan fingerprint density at radius 2 is 1.89 bits per heavy atom. The van der Waals surface area contributed by atoms with Crippen LogP contribution in [0.1, 0.15) is 19.4 Å². The zero-order valence-electron chi connectivity index (χ0n) is 9.84. The summed E-state index contributed by atoms with van der Waals surface area (Å²) >= 11 is 0. The van der Waals surface area contributed by atoms with Gasteiger partial charge in [-0.3, -0.25) is 4.79 Å². The van der Waals surface area contributed by atoms with E-state index in [1.165, 1.54) is 38.1 Å². The lowest BCUT2D eigenvalue weighted by atomic mass is 9.92. The van der Waals surface area contributed by atoms with Crippen molar-refractivity contribution in [1.82, 2.24) is 0 Å². The molecule has 0 saturated carbocycles. The molecule has 0 saturated heterocycles. The second kappa shape index (κ2) is 3.58. The Morgan fingerprint density at radius 3 is 2.39 bits per heavy atom. The molecule has 0 aliphatic carbocycles. The number of carboxylic acid groups (broad SMARTS) is 1. The molecule has 0 atom stereocenters. The van der Waals surface area contributed by atoms with Gasteiger partial charge >= 0.3 is 5.97 Å². The van der Waals surface area contributed by atoms with Crippen LogP contribution in [0.5, 0.6) is 5.75 Å². The number of phenolic OH excluding ortho intramolecular Hbond substituents is 1. The SMILES string of the molecule is CC(C)(C(=O)O)C1=Cc2c(O)cccc2S1(=O)=O. The molecule has 1 aliphatic heterocycles. The summed E-state index contributed by atoms with van der Waals surface area (Å²) in [5.74, 6) is -1.41. The zero-order chi connectivity index (χ0) is 13.7. The first-order valence-corrected chi connectivity index (χ1v) is 6.70. The van der Waals surface area contributed by atoms with Crippen LogP contribution in [0.15, 0.2) is 28.0 Å². The predicted molar refractivity (Wildman–Crippen MR) is 64.7 cm³/mol. The molecule has 1 aromatic rings. The van der Waals surface area contributed by atoms with Gasteiger partial charge in [-0.2, -0.15) is 0 Å². The smallest absolute Gasteiger partial charge is 0.314 e. The average Bonchev–Trinajstić information content (AvgIpc) is 2.53. The van der Waals surface area contributed by atoms with Crippen LogP contribution in [-0.4, -0.2) is 24.6 Å². The normalized spacial score (nSPS) is 17.1. The summed E-state index contributed by atoms with van der Waals surface area (Å²) in [4.78, 5) is 10.9. The van der Waals surface area contributed by atoms with E-state index in [4.69, 9.17) is 5.11 Å². The Kier molecular flexibility index (Phi) is 2.52. The van der Waals surface area contributed by atoms with Crippen LogP contribution in [0, 0.1) is 5.41 Å². The van der Waals surface area contributed by atoms with Crippen molar-refractivity contribution in [2.45, 2.75) is 18.7 Å². The van der Waals surface area contributed by atoms with Gasteiger partial charge in [-0.25, -0.2) is 8.42 Å². The van der Waals surface area contributed by atoms with Gasteiger partial charge in [0.15, 0.2) is 0 Å². The first-order valence-electron chi connectivity index (χ1n) is 5.21. The number of hydrogen-bond donors (Lipinski definition) is 2. The topological polar surface area (TPSA) is 91.7 Å². The Hall–Kier alpha value is -1.82. The van der Waals surface area contributed by atoms with Crippen molar-refractivity contribution >= 4 is 21.9 Å². The highest BCUT2D eigenvalue weighted by molar-refractivity contribution is 7.96. The van der Waals surface area contributed by atoms with Crippen molar-refractivity contribution in [3.8, 4) is 5.75 Å². The third kappa shape index (κ3) is 1.53. The molecule has 18 heavy (non-hydrogen) atoms. The molecule has 96 valence electrons. The molecule has 1 heterocycles. The maximum Gasteiger partial charge on any atom is 0.314 e. The van der Waals surface area contributed by atoms with Gasteiger partial charge in [0.1, 0.15) is 5.75 Å². The summed E-state index contributed by atoms with van der Waals surface area (Å²) in [7, 11) is -3.85. The third-order valence-corrected chi connectivity index (χ3v) is 5.19. The van der Waals surface area contributed by atoms with E-state index in [2.05, 4.69) is 0 Å². The molecule has 0 radical (unpaired) electrons. The fourth-order valence-electron chi connectivity index (χ4n) is 1.86. The van der Waals surface area contributed by atoms with E-state index in [1.807, 2.05) is 0 Å². The number of aliphatic carboxylic acids is 1. The van der Waals surface area contributed by atoms with Crippen LogP contribution in [-0.2, 0) is 14.6 Å². The van der Waals surface area contributed by atoms with Gasteiger partial charge in [-0.05, 0) is 32.1 Å². The van der Waals surface area contributed by atoms with E-state index in [1.54, 1.807) is 0 Å². The molecular weight excluding hydrogens is 256 g/mol. The number of carbonyl (C=O) groups is 1. The van der Waals surface area contributed by atoms with Gasteiger partial charge in [0.2, 0.25) is 9.84 Å². The second-order valence-corrected chi connectivity index (χ2v) is 6.52. The summed E-state index contributed by atoms with van der Waals surface area (Å²) in [5, 5.41) is 18.7. The molecule has 0 aromatic heterocycles. The highest BCUT2D eigenvalue weighted by Crippen LogP contribution is 2.45. The number of aromatic hydroxyl groups is 1. The Balaban J connectivity index is 2.74. The summed E-state index contributed by atoms with van der Waals surface area (Å²) in [6, 6.07) is 4.13. The lowest BCUT2D eigenvalue weighted by Crippen LogP contribution is -2.28. The molecule has 2 N–H and O–H groups in total. The van der Waals surface area contributed by atoms with E-state index in [9.17, 15) is 18.3 Å². The minimum Gasteiger partial charge on any atom is -0.507 e. The first kappa shape index (κ1) is 12.6. The van der Waals surface area contributed by atoms with Gasteiger partial charge in [0.25, 0.3) is 0 Å². The number of rotatable bonds is 2. The van der Waals surface area contributed by atoms with Gasteiger partial charge < -0.3 is 10.2 Å². The van der Waals surface area contributed by atoms with E-state index in [-0.39, 0.29) is 21.1 Å². The predicted octanol–water partition coefficient (Wildman–Crippen LogP) is 1.63. The Bertz CT molecular complexity index is 668. The van der Waals surface area contributed by atoms with E-state index in [0.717, 1.165) is 0 Å². The lowest BCUT2D eigenvalue weighted by Gasteiger charge is -2.20. The fraction of sp³-hybridized carbons (Fsp3) is 0.250. The molecule has 5 nitrogen and oxygen atoms in total. The standard InChI is InChI=1S/C12H12O5S/c1-12(2,11(14)15)10-6-7-8(13)4-3-5-9(7)18(10,16)17/h3-6,13H,1-2H3,(H,14,15). The molecule has 0 fully saturated rings. The lowest BCUT2D eigenvalue weighted by molar-refractivity contribution is -0.144. The molecule has 6 heteroatoms. The number of benzene rings is 1. The maximum absolute atomic E-state index is 12.2. The van der Waals surface area contributed by atoms with Crippen molar-refractivity contribution in [3.63, 3.8) is 0 Å². The average molecular weight is 268 g/mol. The van der Waals surface area contributed by atoms with Gasteiger partial charge in [0.05, 0.1) is 15.2 Å². The van der Waals surface area contributed by atoms with Crippen molar-refractivity contribution in [2.75, 3.05) is 0 Å². The van der Waals surface area contributed by atoms with Crippen molar-refractivity contribution < 1.29 is 23.4 Å². The number of hydrogen-bond acceptors (Lipinski definition) is 4. The molecule has 2 rings (SSSR count). The molecule has 0 bridgehead atoms. The first-order chi connectivity index (χ1) is 8.19.